The molecule has 5 nitrogen and oxygen atoms in total. The van der Waals surface area contributed by atoms with Gasteiger partial charge >= 0.3 is 0 Å². The van der Waals surface area contributed by atoms with Crippen LogP contribution < -0.4 is 16.0 Å². The summed E-state index contributed by atoms with van der Waals surface area (Å²) in [6, 6.07) is 7.44. The van der Waals surface area contributed by atoms with Crippen molar-refractivity contribution < 1.29 is 9.59 Å². The highest BCUT2D eigenvalue weighted by Gasteiger charge is 2.15. The number of amides is 2. The summed E-state index contributed by atoms with van der Waals surface area (Å²) < 4.78 is 0. The van der Waals surface area contributed by atoms with E-state index in [-0.39, 0.29) is 11.8 Å². The van der Waals surface area contributed by atoms with Crippen molar-refractivity contribution in [2.24, 2.45) is 5.92 Å². The zero-order chi connectivity index (χ0) is 17.9. The summed E-state index contributed by atoms with van der Waals surface area (Å²) in [5.41, 5.74) is 0.628. The van der Waals surface area contributed by atoms with Gasteiger partial charge in [0.15, 0.2) is 0 Å². The molecule has 0 radical (unpaired) electrons. The molecule has 2 rings (SSSR count). The highest BCUT2D eigenvalue weighted by molar-refractivity contribution is 8.00. The van der Waals surface area contributed by atoms with Crippen LogP contribution in [-0.2, 0) is 4.79 Å². The molecule has 138 valence electrons. The first-order valence-corrected chi connectivity index (χ1v) is 10.1. The van der Waals surface area contributed by atoms with E-state index in [1.807, 2.05) is 25.2 Å². The second-order valence-electron chi connectivity index (χ2n) is 6.45. The Morgan fingerprint density at radius 1 is 1.08 bits per heavy atom. The van der Waals surface area contributed by atoms with Gasteiger partial charge in [-0.25, -0.2) is 0 Å². The quantitative estimate of drug-likeness (QED) is 0.465. The zero-order valence-corrected chi connectivity index (χ0v) is 15.8. The lowest BCUT2D eigenvalue weighted by atomic mass is 9.89. The molecule has 0 heterocycles. The maximum atomic E-state index is 12.3. The summed E-state index contributed by atoms with van der Waals surface area (Å²) in [4.78, 5) is 25.2. The smallest absolute Gasteiger partial charge is 0.252 e. The predicted octanol–water partition coefficient (Wildman–Crippen LogP) is 2.42. The largest absolute Gasteiger partial charge is 0.355 e. The number of carbonyl (C=O) groups is 2. The van der Waals surface area contributed by atoms with Gasteiger partial charge in [0, 0.05) is 24.5 Å². The lowest BCUT2D eigenvalue weighted by Crippen LogP contribution is -2.32. The van der Waals surface area contributed by atoms with Gasteiger partial charge in [0.05, 0.1) is 11.3 Å². The predicted molar refractivity (Wildman–Crippen MR) is 103 cm³/mol. The van der Waals surface area contributed by atoms with Crippen LogP contribution in [0, 0.1) is 5.92 Å². The number of rotatable bonds is 9. The Bertz CT molecular complexity index is 559. The van der Waals surface area contributed by atoms with E-state index in [2.05, 4.69) is 16.0 Å². The monoisotopic (exact) mass is 363 g/mol. The minimum absolute atomic E-state index is 0.0426. The van der Waals surface area contributed by atoms with Gasteiger partial charge in [0.1, 0.15) is 0 Å². The molecule has 0 saturated heterocycles. The molecule has 2 amide bonds. The molecule has 1 aliphatic rings. The van der Waals surface area contributed by atoms with E-state index < -0.39 is 0 Å². The average molecular weight is 364 g/mol. The second kappa shape index (κ2) is 11.2. The molecule has 3 N–H and O–H groups in total. The van der Waals surface area contributed by atoms with Gasteiger partial charge in [-0.1, -0.05) is 31.4 Å². The number of thioether (sulfide) groups is 1. The van der Waals surface area contributed by atoms with Gasteiger partial charge < -0.3 is 16.0 Å². The fourth-order valence-corrected chi connectivity index (χ4v) is 3.90. The molecular formula is C19H29N3O2S. The zero-order valence-electron chi connectivity index (χ0n) is 15.0. The van der Waals surface area contributed by atoms with E-state index in [1.165, 1.54) is 43.9 Å². The normalized spacial score (nSPS) is 14.9. The molecule has 0 aliphatic heterocycles. The van der Waals surface area contributed by atoms with Gasteiger partial charge in [0.25, 0.3) is 5.91 Å². The van der Waals surface area contributed by atoms with Crippen LogP contribution in [0.2, 0.25) is 0 Å². The Morgan fingerprint density at radius 2 is 1.84 bits per heavy atom. The van der Waals surface area contributed by atoms with Crippen LogP contribution in [0.25, 0.3) is 0 Å². The third-order valence-corrected chi connectivity index (χ3v) is 5.54. The van der Waals surface area contributed by atoms with Crippen molar-refractivity contribution in [3.8, 4) is 0 Å². The van der Waals surface area contributed by atoms with Gasteiger partial charge in [-0.05, 0) is 37.9 Å². The van der Waals surface area contributed by atoms with Crippen molar-refractivity contribution in [2.45, 2.75) is 37.0 Å². The molecule has 6 heteroatoms. The fraction of sp³-hybridized carbons (Fsp3) is 0.579. The number of hydrogen-bond acceptors (Lipinski definition) is 4. The molecule has 0 aromatic heterocycles. The van der Waals surface area contributed by atoms with Crippen molar-refractivity contribution in [1.82, 2.24) is 16.0 Å². The third-order valence-electron chi connectivity index (χ3n) is 4.46. The van der Waals surface area contributed by atoms with Crippen LogP contribution in [0.3, 0.4) is 0 Å². The maximum absolute atomic E-state index is 12.3. The van der Waals surface area contributed by atoms with Crippen molar-refractivity contribution >= 4 is 23.6 Å². The molecule has 0 atom stereocenters. The molecule has 1 fully saturated rings. The van der Waals surface area contributed by atoms with Crippen LogP contribution in [0.5, 0.6) is 0 Å². The topological polar surface area (TPSA) is 70.2 Å². The summed E-state index contributed by atoms with van der Waals surface area (Å²) in [5.74, 6) is 0.919. The summed E-state index contributed by atoms with van der Waals surface area (Å²) in [7, 11) is 1.85. The van der Waals surface area contributed by atoms with Crippen LogP contribution in [0.4, 0.5) is 0 Å². The van der Waals surface area contributed by atoms with Crippen molar-refractivity contribution in [2.75, 3.05) is 32.4 Å². The molecular weight excluding hydrogens is 334 g/mol. The lowest BCUT2D eigenvalue weighted by Gasteiger charge is -2.21. The van der Waals surface area contributed by atoms with Crippen LogP contribution in [0.1, 0.15) is 42.5 Å². The minimum Gasteiger partial charge on any atom is -0.355 e. The fourth-order valence-electron chi connectivity index (χ4n) is 3.02. The van der Waals surface area contributed by atoms with E-state index >= 15 is 0 Å². The van der Waals surface area contributed by atoms with Gasteiger partial charge in [0.2, 0.25) is 5.91 Å². The summed E-state index contributed by atoms with van der Waals surface area (Å²) in [6.07, 6.45) is 6.34. The molecule has 25 heavy (non-hydrogen) atoms. The highest BCUT2D eigenvalue weighted by atomic mass is 32.2. The Kier molecular flexibility index (Phi) is 8.83. The van der Waals surface area contributed by atoms with Gasteiger partial charge in [-0.2, -0.15) is 0 Å². The summed E-state index contributed by atoms with van der Waals surface area (Å²) in [5, 5.41) is 8.92. The Hall–Kier alpha value is -1.53. The van der Waals surface area contributed by atoms with Gasteiger partial charge in [-0.3, -0.25) is 9.59 Å². The average Bonchev–Trinajstić information content (AvgIpc) is 2.66. The van der Waals surface area contributed by atoms with E-state index in [0.29, 0.717) is 23.8 Å². The SMILES string of the molecule is CNCCNC(=O)c1ccccc1SCC(=O)NCC1CCCCC1. The molecule has 1 aromatic rings. The first-order chi connectivity index (χ1) is 12.2. The Morgan fingerprint density at radius 3 is 2.60 bits per heavy atom. The van der Waals surface area contributed by atoms with Crippen molar-refractivity contribution in [3.63, 3.8) is 0 Å². The van der Waals surface area contributed by atoms with Crippen LogP contribution in [-0.4, -0.2) is 44.2 Å². The third kappa shape index (κ3) is 7.08. The van der Waals surface area contributed by atoms with E-state index in [4.69, 9.17) is 0 Å². The summed E-state index contributed by atoms with van der Waals surface area (Å²) in [6.45, 7) is 2.09. The van der Waals surface area contributed by atoms with Crippen molar-refractivity contribution in [3.05, 3.63) is 29.8 Å². The Labute approximate surface area is 154 Å². The Balaban J connectivity index is 1.79. The number of benzene rings is 1. The molecule has 1 aliphatic carbocycles. The molecule has 1 saturated carbocycles. The maximum Gasteiger partial charge on any atom is 0.252 e. The molecule has 0 spiro atoms. The first-order valence-electron chi connectivity index (χ1n) is 9.12. The summed E-state index contributed by atoms with van der Waals surface area (Å²) >= 11 is 1.42. The number of likely N-dealkylation sites (N-methyl/N-ethyl adjacent to an activating group) is 1. The molecule has 0 unspecified atom stereocenters. The lowest BCUT2D eigenvalue weighted by molar-refractivity contribution is -0.118. The second-order valence-corrected chi connectivity index (χ2v) is 7.47. The molecule has 0 bridgehead atoms. The minimum atomic E-state index is -0.0963. The van der Waals surface area contributed by atoms with E-state index in [1.54, 1.807) is 6.07 Å². The van der Waals surface area contributed by atoms with Crippen molar-refractivity contribution in [1.29, 1.82) is 0 Å². The van der Waals surface area contributed by atoms with E-state index in [9.17, 15) is 9.59 Å². The van der Waals surface area contributed by atoms with E-state index in [0.717, 1.165) is 18.0 Å². The standard InChI is InChI=1S/C19H29N3O2S/c1-20-11-12-21-19(24)16-9-5-6-10-17(16)25-14-18(23)22-13-15-7-3-2-4-8-15/h5-6,9-10,15,20H,2-4,7-8,11-14H2,1H3,(H,21,24)(H,22,23). The highest BCUT2D eigenvalue weighted by Crippen LogP contribution is 2.24. The van der Waals surface area contributed by atoms with Crippen LogP contribution >= 0.6 is 11.8 Å². The van der Waals surface area contributed by atoms with Crippen LogP contribution in [0.15, 0.2) is 29.2 Å². The van der Waals surface area contributed by atoms with Gasteiger partial charge in [-0.15, -0.1) is 11.8 Å². The first kappa shape index (κ1) is 19.8. The number of nitrogens with one attached hydrogen (secondary N) is 3. The number of carbonyl (C=O) groups excluding carboxylic acids is 2. The number of hydrogen-bond donors (Lipinski definition) is 3. The molecule has 1 aromatic carbocycles.